The SMILES string of the molecule is COC(=O)Oc1cc(N=C=S)c(F)cc1Cl. The molecule has 0 aliphatic rings. The number of aliphatic imine (C=N–C) groups is 1. The van der Waals surface area contributed by atoms with Gasteiger partial charge in [0.1, 0.15) is 5.69 Å². The summed E-state index contributed by atoms with van der Waals surface area (Å²) in [5, 5.41) is 1.91. The van der Waals surface area contributed by atoms with Crippen molar-refractivity contribution in [2.24, 2.45) is 4.99 Å². The average molecular weight is 262 g/mol. The molecule has 1 rings (SSSR count). The van der Waals surface area contributed by atoms with Crippen LogP contribution in [0.15, 0.2) is 17.1 Å². The Balaban J connectivity index is 3.14. The van der Waals surface area contributed by atoms with Gasteiger partial charge in [-0.25, -0.2) is 9.18 Å². The van der Waals surface area contributed by atoms with Crippen LogP contribution < -0.4 is 4.74 Å². The van der Waals surface area contributed by atoms with E-state index in [1.807, 2.05) is 5.16 Å². The number of thiocarbonyl (C=S) groups is 1. The van der Waals surface area contributed by atoms with Crippen LogP contribution in [-0.4, -0.2) is 18.4 Å². The topological polar surface area (TPSA) is 47.9 Å². The molecule has 0 N–H and O–H groups in total. The first-order valence-corrected chi connectivity index (χ1v) is 4.69. The van der Waals surface area contributed by atoms with Gasteiger partial charge >= 0.3 is 6.16 Å². The van der Waals surface area contributed by atoms with Gasteiger partial charge in [-0.15, -0.1) is 0 Å². The maximum absolute atomic E-state index is 13.2. The van der Waals surface area contributed by atoms with Crippen molar-refractivity contribution in [1.82, 2.24) is 0 Å². The Kier molecular flexibility index (Phi) is 4.37. The van der Waals surface area contributed by atoms with E-state index in [-0.39, 0.29) is 16.5 Å². The van der Waals surface area contributed by atoms with Crippen LogP contribution in [-0.2, 0) is 4.74 Å². The Hall–Kier alpha value is -1.49. The number of benzene rings is 1. The monoisotopic (exact) mass is 261 g/mol. The van der Waals surface area contributed by atoms with Gasteiger partial charge in [0.15, 0.2) is 11.6 Å². The Bertz CT molecular complexity index is 474. The molecule has 0 spiro atoms. The fraction of sp³-hybridized carbons (Fsp3) is 0.111. The molecule has 0 amide bonds. The minimum absolute atomic E-state index is 0.0704. The van der Waals surface area contributed by atoms with Crippen molar-refractivity contribution in [2.75, 3.05) is 7.11 Å². The summed E-state index contributed by atoms with van der Waals surface area (Å²) >= 11 is 9.97. The normalized spacial score (nSPS) is 9.19. The minimum atomic E-state index is -0.967. The van der Waals surface area contributed by atoms with Crippen molar-refractivity contribution in [2.45, 2.75) is 0 Å². The van der Waals surface area contributed by atoms with Gasteiger partial charge < -0.3 is 9.47 Å². The molecule has 0 unspecified atom stereocenters. The van der Waals surface area contributed by atoms with E-state index < -0.39 is 12.0 Å². The molecule has 0 bridgehead atoms. The predicted molar refractivity (Wildman–Crippen MR) is 59.1 cm³/mol. The third kappa shape index (κ3) is 3.00. The molecule has 0 radical (unpaired) electrons. The maximum atomic E-state index is 13.2. The summed E-state index contributed by atoms with van der Waals surface area (Å²) in [5.74, 6) is -0.765. The van der Waals surface area contributed by atoms with Gasteiger partial charge in [0.2, 0.25) is 0 Å². The molecule has 16 heavy (non-hydrogen) atoms. The van der Waals surface area contributed by atoms with Gasteiger partial charge in [0, 0.05) is 6.07 Å². The molecule has 0 aromatic heterocycles. The van der Waals surface area contributed by atoms with Crippen molar-refractivity contribution in [1.29, 1.82) is 0 Å². The first-order chi connectivity index (χ1) is 7.58. The smallest absolute Gasteiger partial charge is 0.437 e. The lowest BCUT2D eigenvalue weighted by molar-refractivity contribution is 0.121. The standard InChI is InChI=1S/C9H5ClFNO3S/c1-14-9(13)15-8-3-7(12-4-16)6(11)2-5(8)10/h2-3H,1H3. The first kappa shape index (κ1) is 12.6. The zero-order valence-electron chi connectivity index (χ0n) is 7.99. The summed E-state index contributed by atoms with van der Waals surface area (Å²) in [6.07, 6.45) is -0.967. The van der Waals surface area contributed by atoms with Gasteiger partial charge in [0.25, 0.3) is 0 Å². The number of halogens is 2. The Morgan fingerprint density at radius 3 is 2.88 bits per heavy atom. The second-order valence-electron chi connectivity index (χ2n) is 2.49. The van der Waals surface area contributed by atoms with Crippen LogP contribution in [0, 0.1) is 5.82 Å². The Labute approximate surface area is 101 Å². The zero-order chi connectivity index (χ0) is 12.1. The minimum Gasteiger partial charge on any atom is -0.437 e. The average Bonchev–Trinajstić information content (AvgIpc) is 2.25. The number of rotatable bonds is 2. The molecule has 0 heterocycles. The van der Waals surface area contributed by atoms with Crippen LogP contribution in [0.5, 0.6) is 5.75 Å². The van der Waals surface area contributed by atoms with Crippen molar-refractivity contribution >= 4 is 40.8 Å². The van der Waals surface area contributed by atoms with Crippen LogP contribution in [0.25, 0.3) is 0 Å². The molecular weight excluding hydrogens is 257 g/mol. The molecule has 0 aliphatic carbocycles. The van der Waals surface area contributed by atoms with E-state index >= 15 is 0 Å². The number of carbonyl (C=O) groups is 1. The maximum Gasteiger partial charge on any atom is 0.513 e. The number of hydrogen-bond donors (Lipinski definition) is 0. The molecule has 0 saturated heterocycles. The summed E-state index contributed by atoms with van der Waals surface area (Å²) in [7, 11) is 1.13. The summed E-state index contributed by atoms with van der Waals surface area (Å²) in [4.78, 5) is 14.3. The third-order valence-corrected chi connectivity index (χ3v) is 1.91. The van der Waals surface area contributed by atoms with Gasteiger partial charge in [-0.2, -0.15) is 4.99 Å². The van der Waals surface area contributed by atoms with Crippen molar-refractivity contribution in [3.63, 3.8) is 0 Å². The summed E-state index contributed by atoms with van der Waals surface area (Å²) in [6, 6.07) is 2.07. The van der Waals surface area contributed by atoms with E-state index in [9.17, 15) is 9.18 Å². The first-order valence-electron chi connectivity index (χ1n) is 3.91. The van der Waals surface area contributed by atoms with Gasteiger partial charge in [-0.3, -0.25) is 0 Å². The number of hydrogen-bond acceptors (Lipinski definition) is 5. The van der Waals surface area contributed by atoms with E-state index in [1.54, 1.807) is 0 Å². The lowest BCUT2D eigenvalue weighted by Gasteiger charge is -2.05. The van der Waals surface area contributed by atoms with Gasteiger partial charge in [-0.05, 0) is 18.3 Å². The highest BCUT2D eigenvalue weighted by Gasteiger charge is 2.12. The molecule has 0 atom stereocenters. The molecule has 1 aromatic rings. The fourth-order valence-electron chi connectivity index (χ4n) is 0.863. The second-order valence-corrected chi connectivity index (χ2v) is 3.08. The zero-order valence-corrected chi connectivity index (χ0v) is 9.56. The highest BCUT2D eigenvalue weighted by atomic mass is 35.5. The van der Waals surface area contributed by atoms with E-state index in [4.69, 9.17) is 11.6 Å². The molecule has 0 saturated carbocycles. The highest BCUT2D eigenvalue weighted by molar-refractivity contribution is 7.78. The van der Waals surface area contributed by atoms with Crippen LogP contribution in [0.1, 0.15) is 0 Å². The molecule has 0 aliphatic heterocycles. The Morgan fingerprint density at radius 2 is 2.31 bits per heavy atom. The number of carbonyl (C=O) groups excluding carboxylic acids is 1. The van der Waals surface area contributed by atoms with Crippen molar-refractivity contribution < 1.29 is 18.7 Å². The highest BCUT2D eigenvalue weighted by Crippen LogP contribution is 2.32. The molecule has 0 fully saturated rings. The number of isothiocyanates is 1. The lowest BCUT2D eigenvalue weighted by atomic mass is 10.3. The van der Waals surface area contributed by atoms with Crippen LogP contribution in [0.3, 0.4) is 0 Å². The van der Waals surface area contributed by atoms with Crippen LogP contribution in [0.2, 0.25) is 5.02 Å². The van der Waals surface area contributed by atoms with E-state index in [0.717, 1.165) is 19.2 Å². The number of methoxy groups -OCH3 is 1. The van der Waals surface area contributed by atoms with E-state index in [2.05, 4.69) is 26.7 Å². The molecule has 7 heteroatoms. The van der Waals surface area contributed by atoms with Crippen LogP contribution >= 0.6 is 23.8 Å². The molecule has 1 aromatic carbocycles. The molecular formula is C9H5ClFNO3S. The second kappa shape index (κ2) is 5.55. The molecule has 4 nitrogen and oxygen atoms in total. The number of ether oxygens (including phenoxy) is 2. The largest absolute Gasteiger partial charge is 0.513 e. The number of nitrogens with zero attached hydrogens (tertiary/aromatic N) is 1. The Morgan fingerprint density at radius 1 is 1.62 bits per heavy atom. The van der Waals surface area contributed by atoms with Crippen molar-refractivity contribution in [3.8, 4) is 5.75 Å². The quantitative estimate of drug-likeness (QED) is 0.354. The fourth-order valence-corrected chi connectivity index (χ4v) is 1.15. The van der Waals surface area contributed by atoms with E-state index in [0.29, 0.717) is 0 Å². The predicted octanol–water partition coefficient (Wildman–Crippen LogP) is 3.36. The van der Waals surface area contributed by atoms with Crippen LogP contribution in [0.4, 0.5) is 14.9 Å². The van der Waals surface area contributed by atoms with Gasteiger partial charge in [-0.1, -0.05) is 11.6 Å². The van der Waals surface area contributed by atoms with Gasteiger partial charge in [0.05, 0.1) is 17.3 Å². The third-order valence-electron chi connectivity index (χ3n) is 1.53. The summed E-state index contributed by atoms with van der Waals surface area (Å²) < 4.78 is 22.1. The van der Waals surface area contributed by atoms with E-state index in [1.165, 1.54) is 0 Å². The summed E-state index contributed by atoms with van der Waals surface area (Å²) in [6.45, 7) is 0. The van der Waals surface area contributed by atoms with Crippen molar-refractivity contribution in [3.05, 3.63) is 23.0 Å². The molecule has 84 valence electrons. The summed E-state index contributed by atoms with van der Waals surface area (Å²) in [5.41, 5.74) is -0.127. The lowest BCUT2D eigenvalue weighted by Crippen LogP contribution is -2.07.